The number of rotatable bonds is 3. The highest BCUT2D eigenvalue weighted by Gasteiger charge is 2.15. The van der Waals surface area contributed by atoms with Gasteiger partial charge in [-0.2, -0.15) is 0 Å². The van der Waals surface area contributed by atoms with Crippen molar-refractivity contribution in [3.05, 3.63) is 17.2 Å². The van der Waals surface area contributed by atoms with Crippen LogP contribution < -0.4 is 0 Å². The van der Waals surface area contributed by atoms with E-state index in [1.165, 1.54) is 7.11 Å². The Balaban J connectivity index is 2.96. The van der Waals surface area contributed by atoms with Crippen LogP contribution in [0.3, 0.4) is 0 Å². The molecule has 0 radical (unpaired) electrons. The lowest BCUT2D eigenvalue weighted by Gasteiger charge is -1.97. The molecule has 0 aliphatic rings. The maximum Gasteiger partial charge on any atom is 0.358 e. The van der Waals surface area contributed by atoms with Crippen molar-refractivity contribution in [2.24, 2.45) is 0 Å². The number of hydrogen-bond acceptors (Lipinski definition) is 3. The van der Waals surface area contributed by atoms with E-state index in [0.717, 1.165) is 24.4 Å². The molecule has 4 nitrogen and oxygen atoms in total. The Bertz CT molecular complexity index is 305. The fourth-order valence-corrected chi connectivity index (χ4v) is 1.24. The van der Waals surface area contributed by atoms with Gasteiger partial charge >= 0.3 is 5.97 Å². The number of H-pyrrole nitrogens is 1. The lowest BCUT2D eigenvalue weighted by atomic mass is 10.2. The lowest BCUT2D eigenvalue weighted by Crippen LogP contribution is -2.05. The van der Waals surface area contributed by atoms with Gasteiger partial charge in [0.25, 0.3) is 0 Å². The maximum absolute atomic E-state index is 11.2. The van der Waals surface area contributed by atoms with Crippen molar-refractivity contribution < 1.29 is 9.53 Å². The molecule has 0 aromatic carbocycles. The number of carbonyl (C=O) groups is 1. The number of ether oxygens (including phenoxy) is 1. The standard InChI is InChI=1S/C9H14N2O2/c1-4-5-7-8(9(12)13-3)11-6(2)10-7/h4-5H2,1-3H3,(H,10,11). The van der Waals surface area contributed by atoms with Gasteiger partial charge < -0.3 is 9.72 Å². The third-order valence-corrected chi connectivity index (χ3v) is 1.78. The normalized spacial score (nSPS) is 10.1. The number of imidazole rings is 1. The summed E-state index contributed by atoms with van der Waals surface area (Å²) in [5.41, 5.74) is 1.29. The van der Waals surface area contributed by atoms with Crippen molar-refractivity contribution in [3.63, 3.8) is 0 Å². The van der Waals surface area contributed by atoms with E-state index < -0.39 is 0 Å². The number of nitrogens with one attached hydrogen (secondary N) is 1. The van der Waals surface area contributed by atoms with Gasteiger partial charge in [0.15, 0.2) is 5.69 Å². The summed E-state index contributed by atoms with van der Waals surface area (Å²) in [6, 6.07) is 0. The van der Waals surface area contributed by atoms with Crippen molar-refractivity contribution in [1.29, 1.82) is 0 Å². The number of aromatic nitrogens is 2. The van der Waals surface area contributed by atoms with Gasteiger partial charge in [-0.1, -0.05) is 13.3 Å². The number of methoxy groups -OCH3 is 1. The maximum atomic E-state index is 11.2. The Hall–Kier alpha value is -1.32. The van der Waals surface area contributed by atoms with Crippen molar-refractivity contribution in [2.75, 3.05) is 7.11 Å². The van der Waals surface area contributed by atoms with Crippen LogP contribution in [0.25, 0.3) is 0 Å². The fraction of sp³-hybridized carbons (Fsp3) is 0.556. The highest BCUT2D eigenvalue weighted by molar-refractivity contribution is 5.88. The summed E-state index contributed by atoms with van der Waals surface area (Å²) in [6.45, 7) is 3.88. The Morgan fingerprint density at radius 1 is 1.62 bits per heavy atom. The van der Waals surface area contributed by atoms with E-state index in [9.17, 15) is 4.79 Å². The number of aryl methyl sites for hydroxylation is 2. The molecule has 0 unspecified atom stereocenters. The molecule has 72 valence electrons. The number of hydrogen-bond donors (Lipinski definition) is 1. The molecule has 0 amide bonds. The first-order valence-electron chi connectivity index (χ1n) is 4.32. The average Bonchev–Trinajstić information content (AvgIpc) is 2.46. The van der Waals surface area contributed by atoms with Crippen LogP contribution in [0.5, 0.6) is 0 Å². The van der Waals surface area contributed by atoms with Gasteiger partial charge in [0.1, 0.15) is 5.82 Å². The molecular weight excluding hydrogens is 168 g/mol. The lowest BCUT2D eigenvalue weighted by molar-refractivity contribution is 0.0593. The molecule has 0 fully saturated rings. The van der Waals surface area contributed by atoms with Crippen LogP contribution in [0.2, 0.25) is 0 Å². The highest BCUT2D eigenvalue weighted by Crippen LogP contribution is 2.09. The largest absolute Gasteiger partial charge is 0.464 e. The van der Waals surface area contributed by atoms with Gasteiger partial charge in [-0.3, -0.25) is 0 Å². The fourth-order valence-electron chi connectivity index (χ4n) is 1.24. The third kappa shape index (κ3) is 2.08. The van der Waals surface area contributed by atoms with Gasteiger partial charge in [0.2, 0.25) is 0 Å². The highest BCUT2D eigenvalue weighted by atomic mass is 16.5. The molecule has 0 bridgehead atoms. The second-order valence-electron chi connectivity index (χ2n) is 2.89. The van der Waals surface area contributed by atoms with Gasteiger partial charge in [-0.15, -0.1) is 0 Å². The first-order chi connectivity index (χ1) is 6.19. The summed E-state index contributed by atoms with van der Waals surface area (Å²) < 4.78 is 4.62. The van der Waals surface area contributed by atoms with Crippen molar-refractivity contribution in [2.45, 2.75) is 26.7 Å². The minimum absolute atomic E-state index is 0.368. The van der Waals surface area contributed by atoms with E-state index in [-0.39, 0.29) is 5.97 Å². The topological polar surface area (TPSA) is 55.0 Å². The Labute approximate surface area is 77.3 Å². The average molecular weight is 182 g/mol. The third-order valence-electron chi connectivity index (χ3n) is 1.78. The number of aromatic amines is 1. The Kier molecular flexibility index (Phi) is 3.06. The summed E-state index contributed by atoms with van der Waals surface area (Å²) in [7, 11) is 1.36. The molecule has 1 rings (SSSR count). The van der Waals surface area contributed by atoms with Crippen LogP contribution in [-0.2, 0) is 11.2 Å². The first kappa shape index (κ1) is 9.77. The summed E-state index contributed by atoms with van der Waals surface area (Å²) in [4.78, 5) is 18.3. The van der Waals surface area contributed by atoms with E-state index in [0.29, 0.717) is 5.69 Å². The molecule has 0 saturated heterocycles. The van der Waals surface area contributed by atoms with Crippen LogP contribution in [0, 0.1) is 6.92 Å². The van der Waals surface area contributed by atoms with Crippen molar-refractivity contribution in [1.82, 2.24) is 9.97 Å². The van der Waals surface area contributed by atoms with Gasteiger partial charge in [0, 0.05) is 5.69 Å². The molecule has 0 aliphatic heterocycles. The smallest absolute Gasteiger partial charge is 0.358 e. The minimum atomic E-state index is -0.368. The zero-order valence-corrected chi connectivity index (χ0v) is 8.18. The van der Waals surface area contributed by atoms with E-state index in [2.05, 4.69) is 21.6 Å². The number of esters is 1. The molecule has 0 atom stereocenters. The van der Waals surface area contributed by atoms with E-state index in [1.54, 1.807) is 0 Å². The number of carbonyl (C=O) groups excluding carboxylic acids is 1. The summed E-state index contributed by atoms with van der Waals surface area (Å²) in [5.74, 6) is 0.386. The van der Waals surface area contributed by atoms with Gasteiger partial charge in [0.05, 0.1) is 7.11 Å². The second kappa shape index (κ2) is 4.07. The molecule has 0 aliphatic carbocycles. The van der Waals surface area contributed by atoms with E-state index in [4.69, 9.17) is 0 Å². The van der Waals surface area contributed by atoms with Crippen molar-refractivity contribution >= 4 is 5.97 Å². The van der Waals surface area contributed by atoms with E-state index >= 15 is 0 Å². The summed E-state index contributed by atoms with van der Waals surface area (Å²) in [6.07, 6.45) is 1.80. The summed E-state index contributed by atoms with van der Waals surface area (Å²) >= 11 is 0. The minimum Gasteiger partial charge on any atom is -0.464 e. The SMILES string of the molecule is CCCc1[nH]c(C)nc1C(=O)OC. The van der Waals surface area contributed by atoms with Crippen LogP contribution in [0.4, 0.5) is 0 Å². The van der Waals surface area contributed by atoms with Crippen LogP contribution in [0.1, 0.15) is 35.4 Å². The quantitative estimate of drug-likeness (QED) is 0.720. The van der Waals surface area contributed by atoms with Crippen molar-refractivity contribution in [3.8, 4) is 0 Å². The number of nitrogens with zero attached hydrogens (tertiary/aromatic N) is 1. The molecule has 0 saturated carbocycles. The van der Waals surface area contributed by atoms with Gasteiger partial charge in [-0.05, 0) is 13.3 Å². The first-order valence-corrected chi connectivity index (χ1v) is 4.32. The molecule has 1 heterocycles. The predicted octanol–water partition coefficient (Wildman–Crippen LogP) is 1.46. The molecular formula is C9H14N2O2. The molecule has 1 N–H and O–H groups in total. The monoisotopic (exact) mass is 182 g/mol. The molecule has 1 aromatic rings. The molecule has 4 heteroatoms. The molecule has 1 aromatic heterocycles. The Morgan fingerprint density at radius 2 is 2.31 bits per heavy atom. The van der Waals surface area contributed by atoms with Crippen LogP contribution in [-0.4, -0.2) is 23.0 Å². The molecule has 0 spiro atoms. The second-order valence-corrected chi connectivity index (χ2v) is 2.89. The van der Waals surface area contributed by atoms with Gasteiger partial charge in [-0.25, -0.2) is 9.78 Å². The van der Waals surface area contributed by atoms with Crippen LogP contribution >= 0.6 is 0 Å². The Morgan fingerprint density at radius 3 is 2.85 bits per heavy atom. The predicted molar refractivity (Wildman–Crippen MR) is 48.7 cm³/mol. The van der Waals surface area contributed by atoms with E-state index in [1.807, 2.05) is 6.92 Å². The molecule has 13 heavy (non-hydrogen) atoms. The zero-order chi connectivity index (χ0) is 9.84. The zero-order valence-electron chi connectivity index (χ0n) is 8.18. The summed E-state index contributed by atoms with van der Waals surface area (Å²) in [5, 5.41) is 0. The van der Waals surface area contributed by atoms with Crippen LogP contribution in [0.15, 0.2) is 0 Å².